The van der Waals surface area contributed by atoms with Crippen molar-refractivity contribution >= 4 is 12.0 Å². The average molecular weight is 409 g/mol. The van der Waals surface area contributed by atoms with E-state index in [1.165, 1.54) is 6.08 Å². The van der Waals surface area contributed by atoms with Gasteiger partial charge in [-0.25, -0.2) is 9.48 Å². The molecule has 1 heterocycles. The topological polar surface area (TPSA) is 44.1 Å². The van der Waals surface area contributed by atoms with Crippen molar-refractivity contribution in [2.45, 2.75) is 20.5 Å². The fourth-order valence-electron chi connectivity index (χ4n) is 3.49. The average Bonchev–Trinajstić information content (AvgIpc) is 3.11. The van der Waals surface area contributed by atoms with Gasteiger partial charge in [0.05, 0.1) is 11.4 Å². The van der Waals surface area contributed by atoms with Crippen molar-refractivity contribution < 1.29 is 9.53 Å². The number of esters is 1. The van der Waals surface area contributed by atoms with Crippen molar-refractivity contribution in [2.24, 2.45) is 0 Å². The second-order valence-corrected chi connectivity index (χ2v) is 7.34. The summed E-state index contributed by atoms with van der Waals surface area (Å²) in [4.78, 5) is 12.2. The third-order valence-electron chi connectivity index (χ3n) is 5.18. The lowest BCUT2D eigenvalue weighted by Crippen LogP contribution is -2.01. The van der Waals surface area contributed by atoms with Crippen LogP contribution in [0.3, 0.4) is 0 Å². The van der Waals surface area contributed by atoms with Gasteiger partial charge in [-0.15, -0.1) is 0 Å². The minimum Gasteiger partial charge on any atom is -0.458 e. The van der Waals surface area contributed by atoms with Crippen LogP contribution in [0, 0.1) is 13.8 Å². The Morgan fingerprint density at radius 2 is 1.48 bits per heavy atom. The highest BCUT2D eigenvalue weighted by Crippen LogP contribution is 2.20. The smallest absolute Gasteiger partial charge is 0.331 e. The first-order valence-corrected chi connectivity index (χ1v) is 10.2. The molecule has 0 aliphatic heterocycles. The van der Waals surface area contributed by atoms with Gasteiger partial charge in [0.25, 0.3) is 0 Å². The maximum Gasteiger partial charge on any atom is 0.331 e. The first-order valence-electron chi connectivity index (χ1n) is 10.2. The summed E-state index contributed by atoms with van der Waals surface area (Å²) >= 11 is 0. The zero-order valence-electron chi connectivity index (χ0n) is 17.7. The summed E-state index contributed by atoms with van der Waals surface area (Å²) in [7, 11) is 0. The predicted octanol–water partition coefficient (Wildman–Crippen LogP) is 5.91. The van der Waals surface area contributed by atoms with E-state index in [2.05, 4.69) is 17.2 Å². The SMILES string of the molecule is Cc1nn(-c2ccccc2)c(C)c1/C=C/C(=O)OCc1ccc(-c2ccccc2)cc1. The zero-order valence-corrected chi connectivity index (χ0v) is 17.7. The van der Waals surface area contributed by atoms with Crippen LogP contribution in [-0.4, -0.2) is 15.7 Å². The van der Waals surface area contributed by atoms with Crippen LogP contribution < -0.4 is 0 Å². The fourth-order valence-corrected chi connectivity index (χ4v) is 3.49. The molecule has 154 valence electrons. The normalized spacial score (nSPS) is 11.0. The zero-order chi connectivity index (χ0) is 21.6. The Hall–Kier alpha value is -3.92. The Morgan fingerprint density at radius 3 is 2.16 bits per heavy atom. The summed E-state index contributed by atoms with van der Waals surface area (Å²) in [6.45, 7) is 4.16. The van der Waals surface area contributed by atoms with E-state index < -0.39 is 0 Å². The predicted molar refractivity (Wildman–Crippen MR) is 124 cm³/mol. The van der Waals surface area contributed by atoms with E-state index in [-0.39, 0.29) is 12.6 Å². The maximum atomic E-state index is 12.2. The molecule has 1 aromatic heterocycles. The van der Waals surface area contributed by atoms with Gasteiger partial charge in [0.2, 0.25) is 0 Å². The molecule has 4 rings (SSSR count). The van der Waals surface area contributed by atoms with Crippen LogP contribution in [-0.2, 0) is 16.1 Å². The highest BCUT2D eigenvalue weighted by molar-refractivity contribution is 5.87. The Morgan fingerprint density at radius 1 is 0.871 bits per heavy atom. The molecule has 3 aromatic carbocycles. The van der Waals surface area contributed by atoms with Crippen molar-refractivity contribution in [3.63, 3.8) is 0 Å². The number of hydrogen-bond donors (Lipinski definition) is 0. The molecule has 0 saturated carbocycles. The first kappa shape index (κ1) is 20.4. The van der Waals surface area contributed by atoms with Crippen LogP contribution in [0.15, 0.2) is 91.0 Å². The van der Waals surface area contributed by atoms with E-state index in [9.17, 15) is 4.79 Å². The largest absolute Gasteiger partial charge is 0.458 e. The molecule has 0 spiro atoms. The summed E-state index contributed by atoms with van der Waals surface area (Å²) in [6.07, 6.45) is 3.24. The number of carbonyl (C=O) groups excluding carboxylic acids is 1. The fraction of sp³-hybridized carbons (Fsp3) is 0.111. The number of aryl methyl sites for hydroxylation is 1. The van der Waals surface area contributed by atoms with Gasteiger partial charge >= 0.3 is 5.97 Å². The Balaban J connectivity index is 1.39. The number of ether oxygens (including phenoxy) is 1. The van der Waals surface area contributed by atoms with Crippen LogP contribution in [0.4, 0.5) is 0 Å². The highest BCUT2D eigenvalue weighted by Gasteiger charge is 2.11. The third kappa shape index (κ3) is 4.81. The lowest BCUT2D eigenvalue weighted by Gasteiger charge is -2.05. The molecule has 0 N–H and O–H groups in total. The van der Waals surface area contributed by atoms with Gasteiger partial charge in [-0.3, -0.25) is 0 Å². The first-order chi connectivity index (χ1) is 15.1. The van der Waals surface area contributed by atoms with E-state index in [4.69, 9.17) is 4.74 Å². The molecular formula is C27H24N2O2. The molecule has 0 bridgehead atoms. The molecule has 0 amide bonds. The monoisotopic (exact) mass is 408 g/mol. The van der Waals surface area contributed by atoms with Gasteiger partial charge < -0.3 is 4.74 Å². The number of para-hydroxylation sites is 1. The second-order valence-electron chi connectivity index (χ2n) is 7.34. The number of rotatable bonds is 6. The Labute approximate surface area is 182 Å². The molecule has 0 fully saturated rings. The van der Waals surface area contributed by atoms with E-state index in [0.717, 1.165) is 39.3 Å². The van der Waals surface area contributed by atoms with E-state index in [1.807, 2.05) is 91.3 Å². The van der Waals surface area contributed by atoms with Crippen molar-refractivity contribution in [1.29, 1.82) is 0 Å². The summed E-state index contributed by atoms with van der Waals surface area (Å²) in [5, 5.41) is 4.60. The van der Waals surface area contributed by atoms with Gasteiger partial charge in [0, 0.05) is 17.3 Å². The number of benzene rings is 3. The van der Waals surface area contributed by atoms with Gasteiger partial charge in [0.1, 0.15) is 6.61 Å². The molecule has 0 saturated heterocycles. The van der Waals surface area contributed by atoms with Gasteiger partial charge in [0.15, 0.2) is 0 Å². The van der Waals surface area contributed by atoms with Crippen LogP contribution >= 0.6 is 0 Å². The van der Waals surface area contributed by atoms with E-state index in [1.54, 1.807) is 6.08 Å². The molecule has 4 aromatic rings. The standard InChI is InChI=1S/C27H24N2O2/c1-20-26(21(2)29(28-20)25-11-7-4-8-12-25)17-18-27(30)31-19-22-13-15-24(16-14-22)23-9-5-3-6-10-23/h3-18H,19H2,1-2H3/b18-17+. The van der Waals surface area contributed by atoms with Crippen molar-refractivity contribution in [1.82, 2.24) is 9.78 Å². The molecule has 0 radical (unpaired) electrons. The van der Waals surface area contributed by atoms with E-state index >= 15 is 0 Å². The van der Waals surface area contributed by atoms with Gasteiger partial charge in [-0.1, -0.05) is 72.8 Å². The Bertz CT molecular complexity index is 1190. The van der Waals surface area contributed by atoms with Crippen LogP contribution in [0.1, 0.15) is 22.5 Å². The van der Waals surface area contributed by atoms with Crippen LogP contribution in [0.5, 0.6) is 0 Å². The minimum atomic E-state index is -0.376. The van der Waals surface area contributed by atoms with Crippen molar-refractivity contribution in [3.8, 4) is 16.8 Å². The number of nitrogens with zero attached hydrogens (tertiary/aromatic N) is 2. The minimum absolute atomic E-state index is 0.236. The molecule has 0 atom stereocenters. The molecular weight excluding hydrogens is 384 g/mol. The lowest BCUT2D eigenvalue weighted by molar-refractivity contribution is -0.138. The summed E-state index contributed by atoms with van der Waals surface area (Å²) < 4.78 is 7.30. The molecule has 0 aliphatic rings. The van der Waals surface area contributed by atoms with Gasteiger partial charge in [-0.2, -0.15) is 5.10 Å². The molecule has 0 unspecified atom stereocenters. The van der Waals surface area contributed by atoms with Crippen LogP contribution in [0.2, 0.25) is 0 Å². The number of hydrogen-bond acceptors (Lipinski definition) is 3. The highest BCUT2D eigenvalue weighted by atomic mass is 16.5. The summed E-state index contributed by atoms with van der Waals surface area (Å²) in [5.41, 5.74) is 7.00. The Kier molecular flexibility index (Phi) is 6.08. The third-order valence-corrected chi connectivity index (χ3v) is 5.18. The second kappa shape index (κ2) is 9.26. The maximum absolute atomic E-state index is 12.2. The lowest BCUT2D eigenvalue weighted by atomic mass is 10.0. The number of carbonyl (C=O) groups is 1. The molecule has 4 heteroatoms. The quantitative estimate of drug-likeness (QED) is 0.294. The summed E-state index contributed by atoms with van der Waals surface area (Å²) in [6, 6.07) is 28.2. The molecule has 31 heavy (non-hydrogen) atoms. The van der Waals surface area contributed by atoms with E-state index in [0.29, 0.717) is 0 Å². The molecule has 0 aliphatic carbocycles. The number of aromatic nitrogens is 2. The van der Waals surface area contributed by atoms with Crippen molar-refractivity contribution in [2.75, 3.05) is 0 Å². The molecule has 4 nitrogen and oxygen atoms in total. The van der Waals surface area contributed by atoms with Gasteiger partial charge in [-0.05, 0) is 48.7 Å². The van der Waals surface area contributed by atoms with Crippen LogP contribution in [0.25, 0.3) is 22.9 Å². The summed E-state index contributed by atoms with van der Waals surface area (Å²) in [5.74, 6) is -0.376. The van der Waals surface area contributed by atoms with Crippen molar-refractivity contribution in [3.05, 3.63) is 114 Å².